The second kappa shape index (κ2) is 6.95. The zero-order chi connectivity index (χ0) is 19.0. The minimum Gasteiger partial charge on any atom is -0.324 e. The molecule has 1 aliphatic carbocycles. The average Bonchev–Trinajstić information content (AvgIpc) is 2.61. The Kier molecular flexibility index (Phi) is 4.48. The topological polar surface area (TPSA) is 54.9 Å². The fraction of sp³-hybridized carbons (Fsp3) is 0.261. The van der Waals surface area contributed by atoms with E-state index in [0.717, 1.165) is 17.8 Å². The summed E-state index contributed by atoms with van der Waals surface area (Å²) in [6.07, 6.45) is 2.94. The number of aromatic nitrogens is 2. The lowest BCUT2D eigenvalue weighted by atomic mass is 9.82. The molecule has 1 unspecified atom stereocenters. The van der Waals surface area contributed by atoms with Crippen LogP contribution in [0.3, 0.4) is 0 Å². The molecule has 0 radical (unpaired) electrons. The quantitative estimate of drug-likeness (QED) is 0.712. The Morgan fingerprint density at radius 1 is 0.926 bits per heavy atom. The van der Waals surface area contributed by atoms with Crippen molar-refractivity contribution in [2.75, 3.05) is 5.32 Å². The van der Waals surface area contributed by atoms with Gasteiger partial charge in [-0.15, -0.1) is 0 Å². The van der Waals surface area contributed by atoms with E-state index in [0.29, 0.717) is 17.9 Å². The van der Waals surface area contributed by atoms with E-state index in [1.807, 2.05) is 0 Å². The number of fused-ring (bicyclic) bond motifs is 1. The van der Waals surface area contributed by atoms with Crippen molar-refractivity contribution >= 4 is 17.4 Å². The molecule has 0 amide bonds. The van der Waals surface area contributed by atoms with Crippen LogP contribution in [0.15, 0.2) is 48.7 Å². The highest BCUT2D eigenvalue weighted by molar-refractivity contribution is 5.98. The van der Waals surface area contributed by atoms with Crippen molar-refractivity contribution < 1.29 is 4.79 Å². The van der Waals surface area contributed by atoms with Crippen LogP contribution in [0.5, 0.6) is 0 Å². The van der Waals surface area contributed by atoms with Crippen molar-refractivity contribution in [2.24, 2.45) is 0 Å². The van der Waals surface area contributed by atoms with Crippen molar-refractivity contribution in [1.82, 2.24) is 9.97 Å². The number of carbonyl (C=O) groups is 1. The number of anilines is 2. The van der Waals surface area contributed by atoms with Gasteiger partial charge in [-0.3, -0.25) is 4.79 Å². The fourth-order valence-corrected chi connectivity index (χ4v) is 3.76. The zero-order valence-electron chi connectivity index (χ0n) is 15.9. The number of hydrogen-bond acceptors (Lipinski definition) is 4. The summed E-state index contributed by atoms with van der Waals surface area (Å²) < 4.78 is 0. The van der Waals surface area contributed by atoms with Crippen molar-refractivity contribution in [2.45, 2.75) is 39.5 Å². The molecule has 1 N–H and O–H groups in total. The molecule has 1 atom stereocenters. The summed E-state index contributed by atoms with van der Waals surface area (Å²) in [5.41, 5.74) is 7.24. The molecule has 0 spiro atoms. The van der Waals surface area contributed by atoms with Crippen LogP contribution < -0.4 is 5.32 Å². The Labute approximate surface area is 159 Å². The van der Waals surface area contributed by atoms with Crippen LogP contribution in [0, 0.1) is 20.8 Å². The van der Waals surface area contributed by atoms with Crippen LogP contribution in [0.4, 0.5) is 11.6 Å². The lowest BCUT2D eigenvalue weighted by Gasteiger charge is -2.23. The predicted molar refractivity (Wildman–Crippen MR) is 108 cm³/mol. The highest BCUT2D eigenvalue weighted by Gasteiger charge is 2.28. The van der Waals surface area contributed by atoms with E-state index >= 15 is 0 Å². The fourth-order valence-electron chi connectivity index (χ4n) is 3.76. The van der Waals surface area contributed by atoms with Gasteiger partial charge in [-0.2, -0.15) is 0 Å². The Hall–Kier alpha value is -3.01. The van der Waals surface area contributed by atoms with Crippen molar-refractivity contribution in [3.05, 3.63) is 82.2 Å². The summed E-state index contributed by atoms with van der Waals surface area (Å²) in [6, 6.07) is 14.7. The second-order valence-electron chi connectivity index (χ2n) is 7.49. The maximum absolute atomic E-state index is 12.6. The first-order valence-corrected chi connectivity index (χ1v) is 9.29. The summed E-state index contributed by atoms with van der Waals surface area (Å²) >= 11 is 0. The van der Waals surface area contributed by atoms with E-state index in [4.69, 9.17) is 0 Å². The van der Waals surface area contributed by atoms with Gasteiger partial charge in [0, 0.05) is 18.3 Å². The highest BCUT2D eigenvalue weighted by Crippen LogP contribution is 2.32. The van der Waals surface area contributed by atoms with Gasteiger partial charge >= 0.3 is 0 Å². The molecule has 2 aromatic carbocycles. The molecule has 0 fully saturated rings. The van der Waals surface area contributed by atoms with Gasteiger partial charge in [0.15, 0.2) is 5.78 Å². The lowest BCUT2D eigenvalue weighted by Crippen LogP contribution is -2.21. The van der Waals surface area contributed by atoms with Gasteiger partial charge in [-0.1, -0.05) is 35.9 Å². The smallest absolute Gasteiger partial charge is 0.227 e. The standard InChI is InChI=1S/C23H23N3O/c1-14-4-6-17(7-5-14)18-11-21-20(22(27)12-18)13-24-23(26-21)25-19-9-15(2)8-16(3)10-19/h4-10,13,18H,11-12H2,1-3H3,(H,24,25,26). The number of Topliss-reactive ketones (excluding diaryl/α,β-unsaturated/α-hetero) is 1. The molecule has 0 saturated heterocycles. The molecule has 3 aromatic rings. The number of hydrogen-bond donors (Lipinski definition) is 1. The van der Waals surface area contributed by atoms with Crippen LogP contribution in [0.25, 0.3) is 0 Å². The van der Waals surface area contributed by atoms with Crippen LogP contribution in [0.2, 0.25) is 0 Å². The molecule has 0 saturated carbocycles. The predicted octanol–water partition coefficient (Wildman–Crippen LogP) is 5.06. The third-order valence-electron chi connectivity index (χ3n) is 5.07. The van der Waals surface area contributed by atoms with E-state index in [2.05, 4.69) is 78.5 Å². The molecule has 1 heterocycles. The number of nitrogens with one attached hydrogen (secondary N) is 1. The molecule has 4 heteroatoms. The average molecular weight is 357 g/mol. The first-order valence-electron chi connectivity index (χ1n) is 9.29. The van der Waals surface area contributed by atoms with Gasteiger partial charge in [0.1, 0.15) is 0 Å². The molecule has 1 aromatic heterocycles. The normalized spacial score (nSPS) is 16.1. The van der Waals surface area contributed by atoms with E-state index in [1.54, 1.807) is 6.20 Å². The number of rotatable bonds is 3. The number of ketones is 1. The molecular formula is C23H23N3O. The first kappa shape index (κ1) is 17.4. The van der Waals surface area contributed by atoms with Gasteiger partial charge in [-0.25, -0.2) is 9.97 Å². The van der Waals surface area contributed by atoms with Crippen LogP contribution >= 0.6 is 0 Å². The van der Waals surface area contributed by atoms with Crippen LogP contribution in [-0.4, -0.2) is 15.8 Å². The molecule has 136 valence electrons. The Morgan fingerprint density at radius 2 is 1.63 bits per heavy atom. The van der Waals surface area contributed by atoms with Crippen LogP contribution in [-0.2, 0) is 6.42 Å². The summed E-state index contributed by atoms with van der Waals surface area (Å²) in [6.45, 7) is 6.21. The number of benzene rings is 2. The first-order chi connectivity index (χ1) is 13.0. The van der Waals surface area contributed by atoms with Gasteiger partial charge < -0.3 is 5.32 Å². The molecule has 0 aliphatic heterocycles. The van der Waals surface area contributed by atoms with Gasteiger partial charge in [0.05, 0.1) is 11.3 Å². The van der Waals surface area contributed by atoms with E-state index < -0.39 is 0 Å². The zero-order valence-corrected chi connectivity index (χ0v) is 15.9. The molecule has 1 aliphatic rings. The van der Waals surface area contributed by atoms with Crippen molar-refractivity contribution in [3.63, 3.8) is 0 Å². The Bertz CT molecular complexity index is 988. The van der Waals surface area contributed by atoms with Crippen molar-refractivity contribution in [3.8, 4) is 0 Å². The minimum absolute atomic E-state index is 0.125. The number of aryl methyl sites for hydroxylation is 3. The van der Waals surface area contributed by atoms with E-state index in [-0.39, 0.29) is 11.7 Å². The van der Waals surface area contributed by atoms with Crippen molar-refractivity contribution in [1.29, 1.82) is 0 Å². The molecule has 4 rings (SSSR count). The molecule has 0 bridgehead atoms. The monoisotopic (exact) mass is 357 g/mol. The lowest BCUT2D eigenvalue weighted by molar-refractivity contribution is 0.0962. The minimum atomic E-state index is 0.125. The highest BCUT2D eigenvalue weighted by atomic mass is 16.1. The largest absolute Gasteiger partial charge is 0.324 e. The van der Waals surface area contributed by atoms with E-state index in [1.165, 1.54) is 22.3 Å². The third kappa shape index (κ3) is 3.75. The molecule has 27 heavy (non-hydrogen) atoms. The summed E-state index contributed by atoms with van der Waals surface area (Å²) in [7, 11) is 0. The van der Waals surface area contributed by atoms with Gasteiger partial charge in [0.2, 0.25) is 5.95 Å². The number of carbonyl (C=O) groups excluding carboxylic acids is 1. The van der Waals surface area contributed by atoms with Gasteiger partial charge in [0.25, 0.3) is 0 Å². The van der Waals surface area contributed by atoms with E-state index in [9.17, 15) is 4.79 Å². The maximum atomic E-state index is 12.6. The molecular weight excluding hydrogens is 334 g/mol. The maximum Gasteiger partial charge on any atom is 0.227 e. The third-order valence-corrected chi connectivity index (χ3v) is 5.07. The van der Waals surface area contributed by atoms with Gasteiger partial charge in [-0.05, 0) is 61.9 Å². The summed E-state index contributed by atoms with van der Waals surface area (Å²) in [5.74, 6) is 0.838. The summed E-state index contributed by atoms with van der Waals surface area (Å²) in [5, 5.41) is 3.28. The number of nitrogens with zero attached hydrogens (tertiary/aromatic N) is 2. The Morgan fingerprint density at radius 3 is 2.33 bits per heavy atom. The molecule has 4 nitrogen and oxygen atoms in total. The second-order valence-corrected chi connectivity index (χ2v) is 7.49. The SMILES string of the molecule is Cc1ccc(C2CC(=O)c3cnc(Nc4cc(C)cc(C)c4)nc3C2)cc1. The summed E-state index contributed by atoms with van der Waals surface area (Å²) in [4.78, 5) is 21.6. The van der Waals surface area contributed by atoms with Crippen LogP contribution in [0.1, 0.15) is 50.6 Å². The Balaban J connectivity index is 1.61.